The topological polar surface area (TPSA) is 37.0 Å². The summed E-state index contributed by atoms with van der Waals surface area (Å²) in [6.07, 6.45) is 2.85. The summed E-state index contributed by atoms with van der Waals surface area (Å²) in [6, 6.07) is 7.01. The number of halogens is 2. The Morgan fingerprint density at radius 2 is 2.22 bits per heavy atom. The van der Waals surface area contributed by atoms with Gasteiger partial charge in [0.2, 0.25) is 0 Å². The van der Waals surface area contributed by atoms with Crippen LogP contribution in [0.25, 0.3) is 10.9 Å². The van der Waals surface area contributed by atoms with Gasteiger partial charge in [0, 0.05) is 29.9 Å². The molecule has 1 unspecified atom stereocenters. The molecule has 0 saturated carbocycles. The van der Waals surface area contributed by atoms with Crippen molar-refractivity contribution in [2.24, 2.45) is 0 Å². The molecule has 1 aromatic carbocycles. The Hall–Kier alpha value is -1.39. The summed E-state index contributed by atoms with van der Waals surface area (Å²) >= 11 is 0. The number of hydrogen-bond acceptors (Lipinski definition) is 3. The molecule has 1 aliphatic heterocycles. The molecule has 2 heterocycles. The molecule has 0 spiro atoms. The highest BCUT2D eigenvalue weighted by Gasteiger charge is 2.15. The van der Waals surface area contributed by atoms with Crippen LogP contribution in [-0.4, -0.2) is 24.1 Å². The third-order valence-corrected chi connectivity index (χ3v) is 3.12. The average Bonchev–Trinajstić information content (AvgIpc) is 2.83. The van der Waals surface area contributed by atoms with Crippen molar-refractivity contribution >= 4 is 29.0 Å². The van der Waals surface area contributed by atoms with Gasteiger partial charge in [0.15, 0.2) is 0 Å². The summed E-state index contributed by atoms with van der Waals surface area (Å²) in [6.45, 7) is 1.99. The molecular formula is C13H15ClFN3. The van der Waals surface area contributed by atoms with Crippen LogP contribution in [0.5, 0.6) is 0 Å². The quantitative estimate of drug-likeness (QED) is 0.878. The van der Waals surface area contributed by atoms with Crippen molar-refractivity contribution in [1.29, 1.82) is 0 Å². The number of benzene rings is 1. The van der Waals surface area contributed by atoms with Gasteiger partial charge >= 0.3 is 0 Å². The van der Waals surface area contributed by atoms with Gasteiger partial charge in [-0.2, -0.15) is 0 Å². The van der Waals surface area contributed by atoms with Crippen LogP contribution in [-0.2, 0) is 0 Å². The summed E-state index contributed by atoms with van der Waals surface area (Å²) in [5, 5.41) is 7.59. The first-order valence-electron chi connectivity index (χ1n) is 5.84. The van der Waals surface area contributed by atoms with Gasteiger partial charge in [-0.05, 0) is 37.2 Å². The second-order valence-corrected chi connectivity index (χ2v) is 4.35. The monoisotopic (exact) mass is 267 g/mol. The Labute approximate surface area is 111 Å². The molecule has 3 rings (SSSR count). The maximum absolute atomic E-state index is 13.3. The highest BCUT2D eigenvalue weighted by Crippen LogP contribution is 2.23. The predicted octanol–water partition coefficient (Wildman–Crippen LogP) is 2.57. The summed E-state index contributed by atoms with van der Waals surface area (Å²) in [4.78, 5) is 4.24. The summed E-state index contributed by atoms with van der Waals surface area (Å²) in [7, 11) is 0. The van der Waals surface area contributed by atoms with Crippen molar-refractivity contribution in [2.75, 3.05) is 18.4 Å². The molecule has 2 N–H and O–H groups in total. The van der Waals surface area contributed by atoms with Crippen molar-refractivity contribution in [3.63, 3.8) is 0 Å². The molecule has 1 aliphatic rings. The van der Waals surface area contributed by atoms with Gasteiger partial charge in [-0.15, -0.1) is 12.4 Å². The zero-order chi connectivity index (χ0) is 11.7. The third kappa shape index (κ3) is 2.54. The standard InChI is InChI=1S/C13H14FN3.ClH/c14-9-1-2-12-11(7-9)13(4-6-16-12)17-10-3-5-15-8-10;/h1-2,4,6-7,10,15H,3,5,8H2,(H,16,17);1H. The van der Waals surface area contributed by atoms with E-state index in [0.717, 1.165) is 36.1 Å². The SMILES string of the molecule is Cl.Fc1ccc2nccc(NC3CCNC3)c2c1. The van der Waals surface area contributed by atoms with Gasteiger partial charge in [0.25, 0.3) is 0 Å². The van der Waals surface area contributed by atoms with Crippen LogP contribution in [0.3, 0.4) is 0 Å². The molecule has 1 aromatic heterocycles. The van der Waals surface area contributed by atoms with E-state index in [4.69, 9.17) is 0 Å². The number of pyridine rings is 1. The van der Waals surface area contributed by atoms with Gasteiger partial charge in [0.1, 0.15) is 5.82 Å². The number of rotatable bonds is 2. The molecule has 0 radical (unpaired) electrons. The predicted molar refractivity (Wildman–Crippen MR) is 73.8 cm³/mol. The number of fused-ring (bicyclic) bond motifs is 1. The molecule has 1 atom stereocenters. The van der Waals surface area contributed by atoms with Crippen molar-refractivity contribution < 1.29 is 4.39 Å². The fourth-order valence-electron chi connectivity index (χ4n) is 2.24. The van der Waals surface area contributed by atoms with Crippen LogP contribution in [0, 0.1) is 5.82 Å². The number of nitrogens with one attached hydrogen (secondary N) is 2. The fourth-order valence-corrected chi connectivity index (χ4v) is 2.24. The third-order valence-electron chi connectivity index (χ3n) is 3.12. The minimum Gasteiger partial charge on any atom is -0.380 e. The van der Waals surface area contributed by atoms with E-state index in [1.54, 1.807) is 12.3 Å². The van der Waals surface area contributed by atoms with Crippen molar-refractivity contribution in [3.8, 4) is 0 Å². The van der Waals surface area contributed by atoms with Gasteiger partial charge in [-0.3, -0.25) is 4.98 Å². The lowest BCUT2D eigenvalue weighted by Crippen LogP contribution is -2.22. The average molecular weight is 268 g/mol. The van der Waals surface area contributed by atoms with Crippen LogP contribution in [0.15, 0.2) is 30.5 Å². The van der Waals surface area contributed by atoms with Crippen molar-refractivity contribution in [1.82, 2.24) is 10.3 Å². The number of hydrogen-bond donors (Lipinski definition) is 2. The van der Waals surface area contributed by atoms with E-state index < -0.39 is 0 Å². The fraction of sp³-hybridized carbons (Fsp3) is 0.308. The van der Waals surface area contributed by atoms with Crippen molar-refractivity contribution in [2.45, 2.75) is 12.5 Å². The van der Waals surface area contributed by atoms with Crippen LogP contribution >= 0.6 is 12.4 Å². The zero-order valence-electron chi connectivity index (χ0n) is 9.82. The van der Waals surface area contributed by atoms with Crippen molar-refractivity contribution in [3.05, 3.63) is 36.3 Å². The Morgan fingerprint density at radius 3 is 3.00 bits per heavy atom. The molecule has 0 bridgehead atoms. The van der Waals surface area contributed by atoms with E-state index in [-0.39, 0.29) is 18.2 Å². The normalized spacial score (nSPS) is 18.6. The Kier molecular flexibility index (Phi) is 3.99. The Bertz CT molecular complexity index is 541. The lowest BCUT2D eigenvalue weighted by atomic mass is 10.1. The molecule has 1 saturated heterocycles. The zero-order valence-corrected chi connectivity index (χ0v) is 10.6. The molecule has 1 fully saturated rings. The van der Waals surface area contributed by atoms with Crippen LogP contribution in [0.4, 0.5) is 10.1 Å². The molecule has 18 heavy (non-hydrogen) atoms. The second kappa shape index (κ2) is 5.50. The maximum Gasteiger partial charge on any atom is 0.124 e. The van der Waals surface area contributed by atoms with Gasteiger partial charge in [0.05, 0.1) is 5.52 Å². The smallest absolute Gasteiger partial charge is 0.124 e. The van der Waals surface area contributed by atoms with E-state index in [1.807, 2.05) is 6.07 Å². The molecule has 2 aromatic rings. The largest absolute Gasteiger partial charge is 0.380 e. The second-order valence-electron chi connectivity index (χ2n) is 4.35. The van der Waals surface area contributed by atoms with E-state index in [9.17, 15) is 4.39 Å². The summed E-state index contributed by atoms with van der Waals surface area (Å²) in [5.74, 6) is -0.224. The molecule has 0 amide bonds. The molecule has 0 aliphatic carbocycles. The first-order chi connectivity index (χ1) is 8.33. The Morgan fingerprint density at radius 1 is 1.33 bits per heavy atom. The first-order valence-corrected chi connectivity index (χ1v) is 5.84. The molecule has 5 heteroatoms. The minimum atomic E-state index is -0.224. The lowest BCUT2D eigenvalue weighted by molar-refractivity contribution is 0.629. The molecule has 3 nitrogen and oxygen atoms in total. The number of aromatic nitrogens is 1. The number of nitrogens with zero attached hydrogens (tertiary/aromatic N) is 1. The van der Waals surface area contributed by atoms with E-state index >= 15 is 0 Å². The first kappa shape index (κ1) is 13.1. The summed E-state index contributed by atoms with van der Waals surface area (Å²) in [5.41, 5.74) is 1.78. The molecule has 96 valence electrons. The summed E-state index contributed by atoms with van der Waals surface area (Å²) < 4.78 is 13.3. The minimum absolute atomic E-state index is 0. The van der Waals surface area contributed by atoms with Gasteiger partial charge in [-0.25, -0.2) is 4.39 Å². The molecular weight excluding hydrogens is 253 g/mol. The number of anilines is 1. The van der Waals surface area contributed by atoms with Gasteiger partial charge in [-0.1, -0.05) is 0 Å². The van der Waals surface area contributed by atoms with E-state index in [2.05, 4.69) is 15.6 Å². The highest BCUT2D eigenvalue weighted by molar-refractivity contribution is 5.91. The van der Waals surface area contributed by atoms with E-state index in [0.29, 0.717) is 6.04 Å². The Balaban J connectivity index is 0.00000120. The van der Waals surface area contributed by atoms with Crippen LogP contribution < -0.4 is 10.6 Å². The van der Waals surface area contributed by atoms with E-state index in [1.165, 1.54) is 12.1 Å². The van der Waals surface area contributed by atoms with Crippen LogP contribution in [0.2, 0.25) is 0 Å². The van der Waals surface area contributed by atoms with Gasteiger partial charge < -0.3 is 10.6 Å². The van der Waals surface area contributed by atoms with Crippen LogP contribution in [0.1, 0.15) is 6.42 Å². The highest BCUT2D eigenvalue weighted by atomic mass is 35.5. The maximum atomic E-state index is 13.3. The lowest BCUT2D eigenvalue weighted by Gasteiger charge is -2.14.